The molecule has 94 valence electrons. The second-order valence-electron chi connectivity index (χ2n) is 4.30. The number of aromatic nitrogens is 2. The van der Waals surface area contributed by atoms with Crippen molar-refractivity contribution in [2.24, 2.45) is 0 Å². The second kappa shape index (κ2) is 4.40. The standard InChI is InChI=1S/C12H11ClN2O2S/c13-10-4-3-9(18-10)11-14-6-8-7(12(16)17)2-1-5-15(8)11/h3-4,6-7H,1-2,5H2,(H,16,17). The molecule has 3 heterocycles. The van der Waals surface area contributed by atoms with Crippen LogP contribution in [0, 0.1) is 0 Å². The van der Waals surface area contributed by atoms with Gasteiger partial charge in [0.25, 0.3) is 0 Å². The predicted octanol–water partition coefficient (Wildman–Crippen LogP) is 3.23. The monoisotopic (exact) mass is 282 g/mol. The molecule has 1 unspecified atom stereocenters. The first-order valence-corrected chi connectivity index (χ1v) is 6.90. The van der Waals surface area contributed by atoms with E-state index >= 15 is 0 Å². The molecule has 0 saturated carbocycles. The van der Waals surface area contributed by atoms with Crippen molar-refractivity contribution in [3.8, 4) is 10.7 Å². The van der Waals surface area contributed by atoms with Gasteiger partial charge in [-0.15, -0.1) is 11.3 Å². The molecule has 0 amide bonds. The molecular weight excluding hydrogens is 272 g/mol. The van der Waals surface area contributed by atoms with Gasteiger partial charge in [-0.25, -0.2) is 4.98 Å². The molecule has 0 bridgehead atoms. The quantitative estimate of drug-likeness (QED) is 0.920. The normalized spacial score (nSPS) is 18.6. The van der Waals surface area contributed by atoms with Gasteiger partial charge in [0, 0.05) is 12.7 Å². The molecule has 0 saturated heterocycles. The fraction of sp³-hybridized carbons (Fsp3) is 0.333. The Morgan fingerprint density at radius 2 is 2.39 bits per heavy atom. The minimum absolute atomic E-state index is 0.435. The van der Waals surface area contributed by atoms with E-state index < -0.39 is 11.9 Å². The van der Waals surface area contributed by atoms with Gasteiger partial charge in [0.1, 0.15) is 5.82 Å². The molecule has 0 fully saturated rings. The molecule has 1 atom stereocenters. The summed E-state index contributed by atoms with van der Waals surface area (Å²) in [4.78, 5) is 16.6. The highest BCUT2D eigenvalue weighted by Gasteiger charge is 2.29. The smallest absolute Gasteiger partial charge is 0.312 e. The largest absolute Gasteiger partial charge is 0.481 e. The molecular formula is C12H11ClN2O2S. The summed E-state index contributed by atoms with van der Waals surface area (Å²) >= 11 is 7.39. The van der Waals surface area contributed by atoms with Gasteiger partial charge in [-0.05, 0) is 25.0 Å². The van der Waals surface area contributed by atoms with Crippen LogP contribution in [0.3, 0.4) is 0 Å². The van der Waals surface area contributed by atoms with E-state index in [1.54, 1.807) is 6.20 Å². The number of carbonyl (C=O) groups is 1. The number of rotatable bonds is 2. The Labute approximate surface area is 113 Å². The Morgan fingerprint density at radius 1 is 1.56 bits per heavy atom. The fourth-order valence-corrected chi connectivity index (χ4v) is 3.43. The van der Waals surface area contributed by atoms with E-state index in [2.05, 4.69) is 4.98 Å². The fourth-order valence-electron chi connectivity index (χ4n) is 2.38. The van der Waals surface area contributed by atoms with E-state index in [1.807, 2.05) is 16.7 Å². The summed E-state index contributed by atoms with van der Waals surface area (Å²) in [5.41, 5.74) is 0.799. The highest BCUT2D eigenvalue weighted by Crippen LogP contribution is 2.35. The van der Waals surface area contributed by atoms with E-state index in [-0.39, 0.29) is 0 Å². The number of aliphatic carboxylic acids is 1. The maximum atomic E-state index is 11.2. The number of imidazole rings is 1. The van der Waals surface area contributed by atoms with E-state index in [9.17, 15) is 9.90 Å². The number of halogens is 1. The summed E-state index contributed by atoms with van der Waals surface area (Å²) in [6.07, 6.45) is 3.24. The van der Waals surface area contributed by atoms with E-state index in [1.165, 1.54) is 11.3 Å². The van der Waals surface area contributed by atoms with Crippen LogP contribution < -0.4 is 0 Å². The molecule has 0 aliphatic carbocycles. The molecule has 0 radical (unpaired) electrons. The number of nitrogens with zero attached hydrogens (tertiary/aromatic N) is 2. The number of carboxylic acid groups (broad SMARTS) is 1. The number of carboxylic acids is 1. The van der Waals surface area contributed by atoms with Gasteiger partial charge in [0.2, 0.25) is 0 Å². The van der Waals surface area contributed by atoms with E-state index in [0.717, 1.165) is 29.4 Å². The van der Waals surface area contributed by atoms with Crippen molar-refractivity contribution in [3.63, 3.8) is 0 Å². The van der Waals surface area contributed by atoms with E-state index in [4.69, 9.17) is 11.6 Å². The lowest BCUT2D eigenvalue weighted by atomic mass is 9.96. The zero-order valence-electron chi connectivity index (χ0n) is 9.47. The molecule has 1 aliphatic heterocycles. The van der Waals surface area contributed by atoms with Crippen LogP contribution in [-0.2, 0) is 11.3 Å². The van der Waals surface area contributed by atoms with Gasteiger partial charge < -0.3 is 9.67 Å². The lowest BCUT2D eigenvalue weighted by Crippen LogP contribution is -2.21. The van der Waals surface area contributed by atoms with Crippen molar-refractivity contribution in [2.45, 2.75) is 25.3 Å². The summed E-state index contributed by atoms with van der Waals surface area (Å²) < 4.78 is 2.72. The van der Waals surface area contributed by atoms with E-state index in [0.29, 0.717) is 10.8 Å². The van der Waals surface area contributed by atoms with Crippen LogP contribution >= 0.6 is 22.9 Å². The first-order chi connectivity index (χ1) is 8.66. The van der Waals surface area contributed by atoms with Crippen molar-refractivity contribution in [1.82, 2.24) is 9.55 Å². The summed E-state index contributed by atoms with van der Waals surface area (Å²) in [5, 5.41) is 9.21. The lowest BCUT2D eigenvalue weighted by molar-refractivity contribution is -0.139. The molecule has 4 nitrogen and oxygen atoms in total. The highest BCUT2D eigenvalue weighted by atomic mass is 35.5. The van der Waals surface area contributed by atoms with Gasteiger partial charge in [0.15, 0.2) is 0 Å². The minimum atomic E-state index is -0.772. The van der Waals surface area contributed by atoms with Gasteiger partial charge in [-0.2, -0.15) is 0 Å². The molecule has 1 aliphatic rings. The van der Waals surface area contributed by atoms with Gasteiger partial charge >= 0.3 is 5.97 Å². The third-order valence-electron chi connectivity index (χ3n) is 3.21. The van der Waals surface area contributed by atoms with Crippen LogP contribution in [-0.4, -0.2) is 20.6 Å². The SMILES string of the molecule is O=C(O)C1CCCn2c1cnc2-c1ccc(Cl)s1. The Balaban J connectivity index is 2.07. The van der Waals surface area contributed by atoms with Crippen LogP contribution in [0.1, 0.15) is 24.5 Å². The first kappa shape index (κ1) is 11.7. The second-order valence-corrected chi connectivity index (χ2v) is 6.01. The third kappa shape index (κ3) is 1.83. The molecule has 0 spiro atoms. The number of hydrogen-bond donors (Lipinski definition) is 1. The van der Waals surface area contributed by atoms with Crippen LogP contribution in [0.5, 0.6) is 0 Å². The number of thiophene rings is 1. The Hall–Kier alpha value is -1.33. The predicted molar refractivity (Wildman–Crippen MR) is 70.2 cm³/mol. The highest BCUT2D eigenvalue weighted by molar-refractivity contribution is 7.19. The molecule has 2 aromatic heterocycles. The summed E-state index contributed by atoms with van der Waals surface area (Å²) in [7, 11) is 0. The van der Waals surface area contributed by atoms with Crippen LogP contribution in [0.15, 0.2) is 18.3 Å². The molecule has 0 aromatic carbocycles. The minimum Gasteiger partial charge on any atom is -0.481 e. The number of fused-ring (bicyclic) bond motifs is 1. The first-order valence-electron chi connectivity index (χ1n) is 5.71. The zero-order chi connectivity index (χ0) is 12.7. The van der Waals surface area contributed by atoms with Gasteiger partial charge in [-0.3, -0.25) is 4.79 Å². The lowest BCUT2D eigenvalue weighted by Gasteiger charge is -2.21. The van der Waals surface area contributed by atoms with Crippen molar-refractivity contribution in [3.05, 3.63) is 28.4 Å². The Bertz CT molecular complexity index is 605. The van der Waals surface area contributed by atoms with Crippen LogP contribution in [0.2, 0.25) is 4.34 Å². The number of hydrogen-bond acceptors (Lipinski definition) is 3. The van der Waals surface area contributed by atoms with Crippen molar-refractivity contribution < 1.29 is 9.90 Å². The maximum Gasteiger partial charge on any atom is 0.312 e. The maximum absolute atomic E-state index is 11.2. The molecule has 6 heteroatoms. The average molecular weight is 283 g/mol. The molecule has 18 heavy (non-hydrogen) atoms. The van der Waals surface area contributed by atoms with Gasteiger partial charge in [0.05, 0.1) is 20.8 Å². The summed E-state index contributed by atoms with van der Waals surface area (Å²) in [6, 6.07) is 3.76. The van der Waals surface area contributed by atoms with Crippen LogP contribution in [0.4, 0.5) is 0 Å². The Kier molecular flexibility index (Phi) is 2.87. The van der Waals surface area contributed by atoms with Gasteiger partial charge in [-0.1, -0.05) is 11.6 Å². The van der Waals surface area contributed by atoms with Crippen molar-refractivity contribution in [1.29, 1.82) is 0 Å². The zero-order valence-corrected chi connectivity index (χ0v) is 11.0. The topological polar surface area (TPSA) is 55.1 Å². The Morgan fingerprint density at radius 3 is 3.06 bits per heavy atom. The van der Waals surface area contributed by atoms with Crippen molar-refractivity contribution in [2.75, 3.05) is 0 Å². The summed E-state index contributed by atoms with van der Waals surface area (Å²) in [6.45, 7) is 0.823. The molecule has 1 N–H and O–H groups in total. The molecule has 2 aromatic rings. The third-order valence-corrected chi connectivity index (χ3v) is 4.44. The average Bonchev–Trinajstić information content (AvgIpc) is 2.93. The van der Waals surface area contributed by atoms with Crippen molar-refractivity contribution >= 4 is 28.9 Å². The molecule has 3 rings (SSSR count). The van der Waals surface area contributed by atoms with Crippen LogP contribution in [0.25, 0.3) is 10.7 Å². The summed E-state index contributed by atoms with van der Waals surface area (Å²) in [5.74, 6) is -0.380.